The summed E-state index contributed by atoms with van der Waals surface area (Å²) in [7, 11) is 1.13. The summed E-state index contributed by atoms with van der Waals surface area (Å²) < 4.78 is 63.8. The predicted octanol–water partition coefficient (Wildman–Crippen LogP) is 5.53. The molecule has 0 aliphatic heterocycles. The second-order valence-electron chi connectivity index (χ2n) is 6.94. The highest BCUT2D eigenvalue weighted by atomic mass is 19.1. The van der Waals surface area contributed by atoms with Gasteiger partial charge in [0, 0.05) is 24.3 Å². The van der Waals surface area contributed by atoms with Crippen LogP contribution in [0.2, 0.25) is 0 Å². The maximum absolute atomic E-state index is 14.9. The Hall–Kier alpha value is -3.94. The van der Waals surface area contributed by atoms with Crippen LogP contribution in [0.3, 0.4) is 0 Å². The molecule has 0 radical (unpaired) electrons. The number of hydrogen-bond acceptors (Lipinski definition) is 3. The summed E-state index contributed by atoms with van der Waals surface area (Å²) in [5, 5.41) is 0. The van der Waals surface area contributed by atoms with Gasteiger partial charge in [-0.1, -0.05) is 6.07 Å². The smallest absolute Gasteiger partial charge is 0.340 e. The number of halogens is 4. The molecule has 4 rings (SSSR count). The topological polar surface area (TPSA) is 47.8 Å². The highest BCUT2D eigenvalue weighted by Crippen LogP contribution is 2.34. The number of nitrogens with zero attached hydrogens (tertiary/aromatic N) is 1. The lowest BCUT2D eigenvalue weighted by molar-refractivity contribution is 0.0599. The van der Waals surface area contributed by atoms with Crippen LogP contribution in [-0.4, -0.2) is 17.5 Å². The lowest BCUT2D eigenvalue weighted by atomic mass is 9.99. The molecule has 8 heteroatoms. The van der Waals surface area contributed by atoms with Gasteiger partial charge in [0.25, 0.3) is 0 Å². The van der Waals surface area contributed by atoms with Gasteiger partial charge in [0.05, 0.1) is 35.0 Å². The van der Waals surface area contributed by atoms with Crippen LogP contribution < -0.4 is 5.43 Å². The highest BCUT2D eigenvalue weighted by Gasteiger charge is 2.24. The van der Waals surface area contributed by atoms with Crippen molar-refractivity contribution >= 4 is 17.1 Å². The van der Waals surface area contributed by atoms with Crippen LogP contribution in [0.4, 0.5) is 17.6 Å². The van der Waals surface area contributed by atoms with Gasteiger partial charge in [-0.25, -0.2) is 22.4 Å². The third-order valence-electron chi connectivity index (χ3n) is 5.08. The highest BCUT2D eigenvalue weighted by molar-refractivity contribution is 5.98. The number of pyridine rings is 2. The summed E-state index contributed by atoms with van der Waals surface area (Å²) in [6, 6.07) is 6.80. The number of fused-ring (bicyclic) bond motifs is 1. The minimum absolute atomic E-state index is 0.0200. The predicted molar refractivity (Wildman–Crippen MR) is 111 cm³/mol. The zero-order valence-corrected chi connectivity index (χ0v) is 16.7. The molecule has 0 amide bonds. The minimum atomic E-state index is -0.960. The van der Waals surface area contributed by atoms with E-state index in [1.54, 1.807) is 0 Å². The van der Waals surface area contributed by atoms with Crippen molar-refractivity contribution < 1.29 is 27.1 Å². The Morgan fingerprint density at radius 1 is 0.969 bits per heavy atom. The molecular formula is C24H15F4NO3. The van der Waals surface area contributed by atoms with Gasteiger partial charge in [0.2, 0.25) is 0 Å². The summed E-state index contributed by atoms with van der Waals surface area (Å²) in [5.41, 5.74) is -1.83. The fraction of sp³-hybridized carbons (Fsp3) is 0.0833. The van der Waals surface area contributed by atoms with Crippen LogP contribution in [-0.2, 0) is 4.74 Å². The molecule has 0 N–H and O–H groups in total. The van der Waals surface area contributed by atoms with Gasteiger partial charge in [-0.2, -0.15) is 0 Å². The standard InChI is InChI=1S/C24H15F4NO3/c1-32-24(31)15-8-10-19-22(21-17(27)3-2-4-18(21)28)20(30)11-12-29(19)23(15)14-7-5-13(25)6-9-16(14)26/h2-5,7-12H,6H2,1H3. The Bertz CT molecular complexity index is 1400. The quantitative estimate of drug-likeness (QED) is 0.397. The summed E-state index contributed by atoms with van der Waals surface area (Å²) in [5.74, 6) is -4.15. The van der Waals surface area contributed by atoms with E-state index in [-0.39, 0.29) is 34.3 Å². The summed E-state index contributed by atoms with van der Waals surface area (Å²) in [4.78, 5) is 25.1. The van der Waals surface area contributed by atoms with Crippen LogP contribution in [0.15, 0.2) is 77.3 Å². The lowest BCUT2D eigenvalue weighted by Crippen LogP contribution is -2.15. The van der Waals surface area contributed by atoms with Gasteiger partial charge < -0.3 is 9.14 Å². The largest absolute Gasteiger partial charge is 0.465 e. The Labute approximate surface area is 179 Å². The van der Waals surface area contributed by atoms with Gasteiger partial charge in [-0.05, 0) is 42.5 Å². The molecule has 2 heterocycles. The molecule has 0 unspecified atom stereocenters. The minimum Gasteiger partial charge on any atom is -0.465 e. The van der Waals surface area contributed by atoms with Crippen molar-refractivity contribution in [2.45, 2.75) is 6.42 Å². The number of methoxy groups -OCH3 is 1. The second-order valence-corrected chi connectivity index (χ2v) is 6.94. The van der Waals surface area contributed by atoms with Gasteiger partial charge in [-0.3, -0.25) is 4.79 Å². The van der Waals surface area contributed by atoms with E-state index < -0.39 is 40.2 Å². The van der Waals surface area contributed by atoms with Crippen molar-refractivity contribution in [1.82, 2.24) is 4.40 Å². The maximum Gasteiger partial charge on any atom is 0.340 e. The first-order valence-corrected chi connectivity index (χ1v) is 9.47. The van der Waals surface area contributed by atoms with Crippen LogP contribution in [0, 0.1) is 11.6 Å². The molecule has 0 bridgehead atoms. The normalized spacial score (nSPS) is 13.8. The van der Waals surface area contributed by atoms with E-state index in [0.29, 0.717) is 0 Å². The zero-order chi connectivity index (χ0) is 23.0. The molecule has 1 aromatic carbocycles. The molecule has 0 saturated heterocycles. The van der Waals surface area contributed by atoms with Crippen LogP contribution in [0.25, 0.3) is 22.2 Å². The molecule has 1 aliphatic carbocycles. The average molecular weight is 441 g/mol. The fourth-order valence-corrected chi connectivity index (χ4v) is 3.63. The number of benzene rings is 1. The second kappa shape index (κ2) is 8.30. The molecule has 2 aromatic heterocycles. The summed E-state index contributed by atoms with van der Waals surface area (Å²) in [6.07, 6.45) is 4.17. The van der Waals surface area contributed by atoms with Crippen molar-refractivity contribution in [2.75, 3.05) is 7.11 Å². The Kier molecular flexibility index (Phi) is 5.52. The van der Waals surface area contributed by atoms with E-state index in [1.807, 2.05) is 0 Å². The van der Waals surface area contributed by atoms with Gasteiger partial charge in [-0.15, -0.1) is 0 Å². The number of aromatic nitrogens is 1. The lowest BCUT2D eigenvalue weighted by Gasteiger charge is -2.17. The number of hydrogen-bond donors (Lipinski definition) is 0. The van der Waals surface area contributed by atoms with Crippen molar-refractivity contribution in [3.8, 4) is 11.1 Å². The van der Waals surface area contributed by atoms with E-state index >= 15 is 0 Å². The number of allylic oxidation sites excluding steroid dienone is 6. The molecule has 162 valence electrons. The molecule has 0 atom stereocenters. The number of esters is 1. The van der Waals surface area contributed by atoms with Crippen LogP contribution in [0.1, 0.15) is 22.5 Å². The maximum atomic E-state index is 14.9. The molecule has 32 heavy (non-hydrogen) atoms. The van der Waals surface area contributed by atoms with Crippen molar-refractivity contribution in [3.05, 3.63) is 106 Å². The monoisotopic (exact) mass is 441 g/mol. The van der Waals surface area contributed by atoms with Crippen molar-refractivity contribution in [1.29, 1.82) is 0 Å². The van der Waals surface area contributed by atoms with Gasteiger partial charge >= 0.3 is 5.97 Å². The van der Waals surface area contributed by atoms with E-state index in [2.05, 4.69) is 0 Å². The molecular weight excluding hydrogens is 426 g/mol. The Morgan fingerprint density at radius 2 is 1.69 bits per heavy atom. The van der Waals surface area contributed by atoms with Crippen molar-refractivity contribution in [2.24, 2.45) is 0 Å². The fourth-order valence-electron chi connectivity index (χ4n) is 3.63. The molecule has 0 saturated carbocycles. The molecule has 0 spiro atoms. The molecule has 3 aromatic rings. The first-order valence-electron chi connectivity index (χ1n) is 9.47. The number of carbonyl (C=O) groups excluding carboxylic acids is 1. The van der Waals surface area contributed by atoms with E-state index in [1.165, 1.54) is 22.7 Å². The zero-order valence-electron chi connectivity index (χ0n) is 16.7. The summed E-state index contributed by atoms with van der Waals surface area (Å²) >= 11 is 0. The van der Waals surface area contributed by atoms with Gasteiger partial charge in [0.15, 0.2) is 5.43 Å². The number of carbonyl (C=O) groups is 1. The van der Waals surface area contributed by atoms with Crippen LogP contribution >= 0.6 is 0 Å². The van der Waals surface area contributed by atoms with Crippen molar-refractivity contribution in [3.63, 3.8) is 0 Å². The third kappa shape index (κ3) is 3.53. The third-order valence-corrected chi connectivity index (χ3v) is 5.08. The number of rotatable bonds is 3. The number of ether oxygens (including phenoxy) is 1. The van der Waals surface area contributed by atoms with E-state index in [9.17, 15) is 27.2 Å². The molecule has 0 fully saturated rings. The first-order chi connectivity index (χ1) is 15.3. The first kappa shape index (κ1) is 21.3. The Balaban J connectivity index is 2.16. The Morgan fingerprint density at radius 3 is 2.38 bits per heavy atom. The van der Waals surface area contributed by atoms with E-state index in [4.69, 9.17) is 4.74 Å². The van der Waals surface area contributed by atoms with Gasteiger partial charge in [0.1, 0.15) is 23.3 Å². The molecule has 1 aliphatic rings. The average Bonchev–Trinajstić information content (AvgIpc) is 2.94. The van der Waals surface area contributed by atoms with E-state index in [0.717, 1.165) is 49.6 Å². The molecule has 4 nitrogen and oxygen atoms in total. The SMILES string of the molecule is COC(=O)c1ccc2c(-c3c(F)cccc3F)c(=O)ccn2c1C1=CC=C(F)CC=C1F. The van der Waals surface area contributed by atoms with Crippen LogP contribution in [0.5, 0.6) is 0 Å². The summed E-state index contributed by atoms with van der Waals surface area (Å²) in [6.45, 7) is 0.